The number of anilines is 1. The Bertz CT molecular complexity index is 852. The van der Waals surface area contributed by atoms with Gasteiger partial charge in [-0.3, -0.25) is 4.98 Å². The number of hydrogen-bond donors (Lipinski definition) is 1. The fraction of sp³-hybridized carbons (Fsp3) is 0.609. The summed E-state index contributed by atoms with van der Waals surface area (Å²) in [6, 6.07) is 9.97. The van der Waals surface area contributed by atoms with Crippen LogP contribution in [0.1, 0.15) is 51.4 Å². The fourth-order valence-electron chi connectivity index (χ4n) is 5.51. The third kappa shape index (κ3) is 4.13. The second-order valence-corrected chi connectivity index (χ2v) is 12.5. The van der Waals surface area contributed by atoms with Gasteiger partial charge in [0.15, 0.2) is 0 Å². The summed E-state index contributed by atoms with van der Waals surface area (Å²) in [6.45, 7) is 0. The lowest BCUT2D eigenvalue weighted by Gasteiger charge is -2.47. The van der Waals surface area contributed by atoms with Gasteiger partial charge in [0.1, 0.15) is 0 Å². The van der Waals surface area contributed by atoms with Crippen LogP contribution in [0.25, 0.3) is 10.9 Å². The van der Waals surface area contributed by atoms with Crippen molar-refractivity contribution in [1.82, 2.24) is 4.98 Å². The summed E-state index contributed by atoms with van der Waals surface area (Å²) in [5.74, 6) is 2.66. The first-order valence-electron chi connectivity index (χ1n) is 11.0. The molecular weight excluding hydrogens is 418 g/mol. The maximum atomic E-state index is 6.26. The highest BCUT2D eigenvalue weighted by atomic mass is 35.5. The van der Waals surface area contributed by atoms with Crippen LogP contribution in [0.15, 0.2) is 30.5 Å². The van der Waals surface area contributed by atoms with Crippen LogP contribution in [0.4, 0.5) is 5.69 Å². The molecule has 1 aromatic carbocycles. The lowest BCUT2D eigenvalue weighted by Crippen LogP contribution is -2.49. The second kappa shape index (κ2) is 8.49. The summed E-state index contributed by atoms with van der Waals surface area (Å²) in [7, 11) is 0. The summed E-state index contributed by atoms with van der Waals surface area (Å²) in [5.41, 5.74) is 8.60. The van der Waals surface area contributed by atoms with Gasteiger partial charge in [-0.1, -0.05) is 11.6 Å². The molecule has 29 heavy (non-hydrogen) atoms. The predicted molar refractivity (Wildman–Crippen MR) is 129 cm³/mol. The third-order valence-corrected chi connectivity index (χ3v) is 10.9. The average Bonchev–Trinajstić information content (AvgIpc) is 3.19. The summed E-state index contributed by atoms with van der Waals surface area (Å²) in [6.07, 6.45) is 11.9. The van der Waals surface area contributed by atoms with E-state index in [1.807, 2.05) is 18.3 Å². The van der Waals surface area contributed by atoms with Gasteiger partial charge < -0.3 is 10.6 Å². The maximum absolute atomic E-state index is 6.26. The number of thioether (sulfide) groups is 2. The molecule has 1 aliphatic heterocycles. The summed E-state index contributed by atoms with van der Waals surface area (Å²) in [5, 5.41) is 1.99. The Morgan fingerprint density at radius 3 is 2.38 bits per heavy atom. The highest BCUT2D eigenvalue weighted by Gasteiger charge is 2.42. The van der Waals surface area contributed by atoms with Gasteiger partial charge in [0.05, 0.1) is 9.60 Å². The minimum atomic E-state index is 0.377. The quantitative estimate of drug-likeness (QED) is 0.617. The van der Waals surface area contributed by atoms with Gasteiger partial charge in [0.2, 0.25) is 0 Å². The smallest absolute Gasteiger partial charge is 0.0737 e. The van der Waals surface area contributed by atoms with E-state index in [9.17, 15) is 0 Å². The number of aromatic nitrogens is 1. The Morgan fingerprint density at radius 2 is 1.66 bits per heavy atom. The molecule has 0 amide bonds. The normalized spacial score (nSPS) is 27.5. The van der Waals surface area contributed by atoms with Crippen LogP contribution in [0, 0.1) is 0 Å². The molecule has 0 unspecified atom stereocenters. The molecule has 5 rings (SSSR count). The van der Waals surface area contributed by atoms with Crippen LogP contribution in [0.2, 0.25) is 5.02 Å². The second-order valence-electron chi connectivity index (χ2n) is 8.81. The van der Waals surface area contributed by atoms with Gasteiger partial charge >= 0.3 is 0 Å². The molecule has 1 aromatic heterocycles. The molecule has 2 aromatic rings. The van der Waals surface area contributed by atoms with Crippen molar-refractivity contribution < 1.29 is 0 Å². The third-order valence-electron chi connectivity index (χ3n) is 7.02. The highest BCUT2D eigenvalue weighted by molar-refractivity contribution is 8.21. The van der Waals surface area contributed by atoms with Crippen molar-refractivity contribution in [2.45, 2.75) is 73.6 Å². The number of pyridine rings is 1. The largest absolute Gasteiger partial charge is 0.365 e. The molecule has 1 spiro atoms. The topological polar surface area (TPSA) is 42.1 Å². The van der Waals surface area contributed by atoms with E-state index in [-0.39, 0.29) is 0 Å². The molecule has 156 valence electrons. The van der Waals surface area contributed by atoms with Gasteiger partial charge in [-0.15, -0.1) is 23.5 Å². The monoisotopic (exact) mass is 447 g/mol. The number of benzene rings is 1. The lowest BCUT2D eigenvalue weighted by molar-refractivity contribution is 0.322. The molecule has 2 aliphatic carbocycles. The molecule has 6 heteroatoms. The molecule has 2 heterocycles. The van der Waals surface area contributed by atoms with E-state index < -0.39 is 0 Å². The first kappa shape index (κ1) is 20.3. The maximum Gasteiger partial charge on any atom is 0.0737 e. The first-order chi connectivity index (χ1) is 14.1. The van der Waals surface area contributed by atoms with Crippen molar-refractivity contribution in [3.63, 3.8) is 0 Å². The Kier molecular flexibility index (Phi) is 5.94. The Morgan fingerprint density at radius 1 is 0.966 bits per heavy atom. The van der Waals surface area contributed by atoms with Crippen molar-refractivity contribution in [3.05, 3.63) is 35.5 Å². The summed E-state index contributed by atoms with van der Waals surface area (Å²) < 4.78 is 0.505. The first-order valence-corrected chi connectivity index (χ1v) is 13.3. The minimum absolute atomic E-state index is 0.377. The van der Waals surface area contributed by atoms with Gasteiger partial charge in [0.25, 0.3) is 0 Å². The van der Waals surface area contributed by atoms with E-state index in [2.05, 4.69) is 45.5 Å². The van der Waals surface area contributed by atoms with E-state index in [4.69, 9.17) is 17.3 Å². The standard InChI is InChI=1S/C23H30ClN3S2/c24-16-1-6-20-21(15-16)26-12-9-22(20)27(18-4-2-17(25)3-5-18)19-7-10-23(11-8-19)28-13-14-29-23/h1,6,9,12,15,17-19H,2-5,7-8,10-11,13-14,25H2. The van der Waals surface area contributed by atoms with E-state index in [0.717, 1.165) is 23.4 Å². The van der Waals surface area contributed by atoms with Crippen molar-refractivity contribution in [2.75, 3.05) is 16.4 Å². The predicted octanol–water partition coefficient (Wildman–Crippen LogP) is 6.08. The van der Waals surface area contributed by atoms with E-state index in [1.54, 1.807) is 0 Å². The number of fused-ring (bicyclic) bond motifs is 1. The van der Waals surface area contributed by atoms with E-state index in [0.29, 0.717) is 22.2 Å². The Labute approximate surface area is 187 Å². The molecule has 2 N–H and O–H groups in total. The van der Waals surface area contributed by atoms with Crippen LogP contribution in [0.5, 0.6) is 0 Å². The van der Waals surface area contributed by atoms with E-state index >= 15 is 0 Å². The van der Waals surface area contributed by atoms with Gasteiger partial charge in [-0.2, -0.15) is 0 Å². The molecule has 3 fully saturated rings. The molecule has 3 aliphatic rings. The Hall–Kier alpha value is -0.620. The molecule has 1 saturated heterocycles. The van der Waals surface area contributed by atoms with Crippen molar-refractivity contribution in [2.24, 2.45) is 5.73 Å². The SMILES string of the molecule is NC1CCC(N(c2ccnc3cc(Cl)ccc23)C2CCC3(CC2)SCCS3)CC1. The zero-order valence-electron chi connectivity index (χ0n) is 16.9. The van der Waals surface area contributed by atoms with Crippen LogP contribution < -0.4 is 10.6 Å². The molecule has 0 bridgehead atoms. The molecular formula is C23H30ClN3S2. The van der Waals surface area contributed by atoms with Gasteiger partial charge in [-0.05, 0) is 75.6 Å². The zero-order valence-corrected chi connectivity index (χ0v) is 19.2. The minimum Gasteiger partial charge on any atom is -0.365 e. The van der Waals surface area contributed by atoms with Crippen molar-refractivity contribution >= 4 is 51.7 Å². The molecule has 2 saturated carbocycles. The summed E-state index contributed by atoms with van der Waals surface area (Å²) in [4.78, 5) is 7.39. The fourth-order valence-corrected chi connectivity index (χ4v) is 8.97. The zero-order chi connectivity index (χ0) is 19.8. The number of halogens is 1. The van der Waals surface area contributed by atoms with Crippen LogP contribution >= 0.6 is 35.1 Å². The van der Waals surface area contributed by atoms with Crippen LogP contribution in [-0.4, -0.2) is 38.7 Å². The average molecular weight is 448 g/mol. The highest BCUT2D eigenvalue weighted by Crippen LogP contribution is 2.54. The molecule has 0 atom stereocenters. The van der Waals surface area contributed by atoms with E-state index in [1.165, 1.54) is 61.1 Å². The van der Waals surface area contributed by atoms with Crippen molar-refractivity contribution in [1.29, 1.82) is 0 Å². The lowest BCUT2D eigenvalue weighted by atomic mass is 9.86. The van der Waals surface area contributed by atoms with Crippen LogP contribution in [-0.2, 0) is 0 Å². The van der Waals surface area contributed by atoms with Gasteiger partial charge in [0, 0.05) is 51.9 Å². The van der Waals surface area contributed by atoms with Crippen LogP contribution in [0.3, 0.4) is 0 Å². The number of rotatable bonds is 3. The number of nitrogens with two attached hydrogens (primary N) is 1. The summed E-state index contributed by atoms with van der Waals surface area (Å²) >= 11 is 10.7. The van der Waals surface area contributed by atoms with Gasteiger partial charge in [-0.25, -0.2) is 0 Å². The number of nitrogens with zero attached hydrogens (tertiary/aromatic N) is 2. The molecule has 0 radical (unpaired) electrons. The Balaban J connectivity index is 1.48. The molecule has 3 nitrogen and oxygen atoms in total. The number of hydrogen-bond acceptors (Lipinski definition) is 5. The van der Waals surface area contributed by atoms with Crippen molar-refractivity contribution in [3.8, 4) is 0 Å².